The summed E-state index contributed by atoms with van der Waals surface area (Å²) >= 11 is 0. The van der Waals surface area contributed by atoms with Crippen molar-refractivity contribution in [3.8, 4) is 0 Å². The van der Waals surface area contributed by atoms with E-state index in [-0.39, 0.29) is 0 Å². The van der Waals surface area contributed by atoms with Crippen molar-refractivity contribution in [1.82, 2.24) is 15.0 Å². The van der Waals surface area contributed by atoms with Gasteiger partial charge in [0.1, 0.15) is 0 Å². The number of carbonyl (C=O) groups is 1. The third kappa shape index (κ3) is 3.03. The minimum atomic E-state index is 0.322. The van der Waals surface area contributed by atoms with Crippen LogP contribution in [-0.2, 0) is 17.8 Å². The first kappa shape index (κ1) is 15.2. The van der Waals surface area contributed by atoms with Crippen LogP contribution in [0.5, 0.6) is 0 Å². The summed E-state index contributed by atoms with van der Waals surface area (Å²) in [6, 6.07) is 2.56. The van der Waals surface area contributed by atoms with E-state index in [1.54, 1.807) is 0 Å². The first-order valence-electron chi connectivity index (χ1n) is 9.20. The molecule has 2 atom stereocenters. The summed E-state index contributed by atoms with van der Waals surface area (Å²) in [6.07, 6.45) is 6.81. The molecule has 0 radical (unpaired) electrons. The molecule has 0 spiro atoms. The molecular weight excluding hydrogens is 290 g/mol. The summed E-state index contributed by atoms with van der Waals surface area (Å²) in [7, 11) is 0. The summed E-state index contributed by atoms with van der Waals surface area (Å²) < 4.78 is 5.47. The fourth-order valence-electron chi connectivity index (χ4n) is 4.26. The second-order valence-corrected chi connectivity index (χ2v) is 7.54. The van der Waals surface area contributed by atoms with E-state index in [4.69, 9.17) is 4.52 Å². The zero-order valence-corrected chi connectivity index (χ0v) is 14.0. The largest absolute Gasteiger partial charge is 0.360 e. The molecule has 2 bridgehead atoms. The number of fused-ring (bicyclic) bond motifs is 4. The lowest BCUT2D eigenvalue weighted by molar-refractivity contribution is -0.138. The van der Waals surface area contributed by atoms with Gasteiger partial charge in [-0.25, -0.2) is 0 Å². The van der Waals surface area contributed by atoms with Gasteiger partial charge in [0.15, 0.2) is 5.76 Å². The van der Waals surface area contributed by atoms with Crippen molar-refractivity contribution >= 4 is 5.91 Å². The lowest BCUT2D eigenvalue weighted by Crippen LogP contribution is -2.45. The molecule has 126 valence electrons. The highest BCUT2D eigenvalue weighted by Crippen LogP contribution is 2.33. The second-order valence-electron chi connectivity index (χ2n) is 7.54. The summed E-state index contributed by atoms with van der Waals surface area (Å²) in [4.78, 5) is 17.3. The quantitative estimate of drug-likeness (QED) is 0.856. The number of hydrogen-bond donors (Lipinski definition) is 0. The van der Waals surface area contributed by atoms with Crippen molar-refractivity contribution in [1.29, 1.82) is 0 Å². The normalized spacial score (nSPS) is 28.7. The van der Waals surface area contributed by atoms with Crippen LogP contribution in [0.25, 0.3) is 0 Å². The molecule has 0 N–H and O–H groups in total. The van der Waals surface area contributed by atoms with Gasteiger partial charge in [0.2, 0.25) is 5.91 Å². The van der Waals surface area contributed by atoms with Gasteiger partial charge in [0, 0.05) is 37.7 Å². The maximum absolute atomic E-state index is 12.6. The Morgan fingerprint density at radius 3 is 2.83 bits per heavy atom. The molecule has 4 aliphatic rings. The standard InChI is InChI=1S/C18H27N3O2/c1-2-15-8-17(23-19-15)12-20-9-13-6-7-16(20)11-21(10-13)18(22)14-4-3-5-14/h8,13-14,16H,2-7,9-12H2,1H3/t13-,16-/m0/s1. The molecule has 5 heteroatoms. The Bertz CT molecular complexity index is 566. The van der Waals surface area contributed by atoms with E-state index in [9.17, 15) is 4.79 Å². The predicted molar refractivity (Wildman–Crippen MR) is 86.7 cm³/mol. The zero-order chi connectivity index (χ0) is 15.8. The average molecular weight is 317 g/mol. The van der Waals surface area contributed by atoms with Crippen molar-refractivity contribution in [3.63, 3.8) is 0 Å². The summed E-state index contributed by atoms with van der Waals surface area (Å²) in [6.45, 7) is 5.87. The van der Waals surface area contributed by atoms with Gasteiger partial charge in [-0.2, -0.15) is 0 Å². The van der Waals surface area contributed by atoms with Gasteiger partial charge in [-0.3, -0.25) is 9.69 Å². The molecule has 5 rings (SSSR count). The topological polar surface area (TPSA) is 49.6 Å². The van der Waals surface area contributed by atoms with Crippen LogP contribution in [0.4, 0.5) is 0 Å². The van der Waals surface area contributed by atoms with Gasteiger partial charge in [-0.05, 0) is 38.0 Å². The van der Waals surface area contributed by atoms with Crippen LogP contribution in [-0.4, -0.2) is 46.5 Å². The summed E-state index contributed by atoms with van der Waals surface area (Å²) in [5, 5.41) is 4.10. The van der Waals surface area contributed by atoms with Crippen LogP contribution < -0.4 is 0 Å². The minimum Gasteiger partial charge on any atom is -0.360 e. The van der Waals surface area contributed by atoms with E-state index in [1.165, 1.54) is 19.3 Å². The van der Waals surface area contributed by atoms with Crippen molar-refractivity contribution in [3.05, 3.63) is 17.5 Å². The molecule has 1 aromatic heterocycles. The van der Waals surface area contributed by atoms with Gasteiger partial charge in [0.25, 0.3) is 0 Å². The maximum Gasteiger partial charge on any atom is 0.225 e. The molecule has 3 aliphatic heterocycles. The van der Waals surface area contributed by atoms with E-state index >= 15 is 0 Å². The number of carbonyl (C=O) groups excluding carboxylic acids is 1. The molecule has 1 aliphatic carbocycles. The van der Waals surface area contributed by atoms with Crippen molar-refractivity contribution in [2.75, 3.05) is 19.6 Å². The van der Waals surface area contributed by atoms with Crippen LogP contribution in [0, 0.1) is 11.8 Å². The molecule has 1 aromatic rings. The molecule has 23 heavy (non-hydrogen) atoms. The van der Waals surface area contributed by atoms with E-state index in [0.717, 1.165) is 56.9 Å². The van der Waals surface area contributed by atoms with E-state index < -0.39 is 0 Å². The molecule has 4 heterocycles. The Kier molecular flexibility index (Phi) is 4.14. The predicted octanol–water partition coefficient (Wildman–Crippen LogP) is 2.46. The molecule has 0 aromatic carbocycles. The van der Waals surface area contributed by atoms with Crippen LogP contribution in [0.2, 0.25) is 0 Å². The molecule has 3 saturated heterocycles. The van der Waals surface area contributed by atoms with E-state index in [1.807, 2.05) is 0 Å². The fraction of sp³-hybridized carbons (Fsp3) is 0.778. The van der Waals surface area contributed by atoms with Crippen LogP contribution >= 0.6 is 0 Å². The molecule has 5 nitrogen and oxygen atoms in total. The van der Waals surface area contributed by atoms with Gasteiger partial charge < -0.3 is 9.42 Å². The highest BCUT2D eigenvalue weighted by atomic mass is 16.5. The number of piperidine rings is 1. The number of rotatable bonds is 4. The summed E-state index contributed by atoms with van der Waals surface area (Å²) in [5.74, 6) is 2.32. The Labute approximate surface area is 138 Å². The first-order valence-corrected chi connectivity index (χ1v) is 9.20. The molecule has 0 unspecified atom stereocenters. The third-order valence-corrected chi connectivity index (χ3v) is 5.92. The highest BCUT2D eigenvalue weighted by molar-refractivity contribution is 5.79. The molecule has 1 saturated carbocycles. The van der Waals surface area contributed by atoms with Gasteiger partial charge in [0.05, 0.1) is 12.2 Å². The SMILES string of the molecule is CCc1cc(CN2C[C@@H]3CC[C@H]2CN(C(=O)C2CCC2)C3)on1. The Morgan fingerprint density at radius 1 is 1.26 bits per heavy atom. The third-order valence-electron chi connectivity index (χ3n) is 5.92. The number of aromatic nitrogens is 1. The molecule has 4 fully saturated rings. The highest BCUT2D eigenvalue weighted by Gasteiger charge is 2.39. The lowest BCUT2D eigenvalue weighted by atomic mass is 9.84. The second kappa shape index (κ2) is 6.27. The van der Waals surface area contributed by atoms with E-state index in [2.05, 4.69) is 27.9 Å². The van der Waals surface area contributed by atoms with Crippen LogP contribution in [0.1, 0.15) is 50.5 Å². The number of nitrogens with zero attached hydrogens (tertiary/aromatic N) is 3. The smallest absolute Gasteiger partial charge is 0.225 e. The van der Waals surface area contributed by atoms with Crippen molar-refractivity contribution in [2.45, 2.75) is 58.0 Å². The van der Waals surface area contributed by atoms with Crippen LogP contribution in [0.15, 0.2) is 10.6 Å². The average Bonchev–Trinajstić information content (AvgIpc) is 2.75. The van der Waals surface area contributed by atoms with Gasteiger partial charge in [-0.1, -0.05) is 18.5 Å². The lowest BCUT2D eigenvalue weighted by Gasteiger charge is -2.35. The van der Waals surface area contributed by atoms with Gasteiger partial charge >= 0.3 is 0 Å². The number of aryl methyl sites for hydroxylation is 1. The maximum atomic E-state index is 12.6. The Morgan fingerprint density at radius 2 is 2.13 bits per heavy atom. The van der Waals surface area contributed by atoms with Crippen LogP contribution in [0.3, 0.4) is 0 Å². The minimum absolute atomic E-state index is 0.322. The fourth-order valence-corrected chi connectivity index (χ4v) is 4.26. The molecular formula is C18H27N3O2. The molecule has 1 amide bonds. The Hall–Kier alpha value is -1.36. The zero-order valence-electron chi connectivity index (χ0n) is 14.0. The van der Waals surface area contributed by atoms with Crippen molar-refractivity contribution in [2.24, 2.45) is 11.8 Å². The van der Waals surface area contributed by atoms with Crippen molar-refractivity contribution < 1.29 is 9.32 Å². The Balaban J connectivity index is 1.43. The number of hydrogen-bond acceptors (Lipinski definition) is 4. The van der Waals surface area contributed by atoms with Gasteiger partial charge in [-0.15, -0.1) is 0 Å². The monoisotopic (exact) mass is 317 g/mol. The summed E-state index contributed by atoms with van der Waals surface area (Å²) in [5.41, 5.74) is 1.03. The van der Waals surface area contributed by atoms with E-state index in [0.29, 0.717) is 23.8 Å². The first-order chi connectivity index (χ1) is 11.2. The number of amides is 1.